The van der Waals surface area contributed by atoms with E-state index >= 15 is 0 Å². The van der Waals surface area contributed by atoms with Gasteiger partial charge in [0.15, 0.2) is 0 Å². The Kier molecular flexibility index (Phi) is 3.34. The van der Waals surface area contributed by atoms with Gasteiger partial charge in [0.2, 0.25) is 0 Å². The van der Waals surface area contributed by atoms with E-state index in [1.54, 1.807) is 24.3 Å². The maximum absolute atomic E-state index is 12.7. The summed E-state index contributed by atoms with van der Waals surface area (Å²) in [7, 11) is 0. The Hall–Kier alpha value is -3.16. The summed E-state index contributed by atoms with van der Waals surface area (Å²) >= 11 is 0. The van der Waals surface area contributed by atoms with Crippen molar-refractivity contribution in [1.82, 2.24) is 15.5 Å². The Morgan fingerprint density at radius 2 is 1.84 bits per heavy atom. The van der Waals surface area contributed by atoms with E-state index < -0.39 is 23.1 Å². The van der Waals surface area contributed by atoms with Crippen LogP contribution in [0.2, 0.25) is 0 Å². The number of hydrogen-bond acceptors (Lipinski definition) is 5. The van der Waals surface area contributed by atoms with E-state index in [0.29, 0.717) is 23.8 Å². The van der Waals surface area contributed by atoms with Crippen molar-refractivity contribution >= 4 is 28.8 Å². The summed E-state index contributed by atoms with van der Waals surface area (Å²) in [6.07, 6.45) is 0.602. The molecule has 0 atom stereocenters. The zero-order chi connectivity index (χ0) is 17.6. The molecule has 1 spiro atoms. The molecule has 8 heteroatoms. The molecule has 2 aromatic rings. The first-order chi connectivity index (χ1) is 12.0. The Balaban J connectivity index is 1.57. The smallest absolute Gasteiger partial charge is 0.349 e. The van der Waals surface area contributed by atoms with Gasteiger partial charge >= 0.3 is 11.7 Å². The Bertz CT molecular complexity index is 956. The second-order valence-corrected chi connectivity index (χ2v) is 6.27. The van der Waals surface area contributed by atoms with Crippen LogP contribution in [0, 0.1) is 0 Å². The topological polar surface area (TPSA) is 109 Å². The highest BCUT2D eigenvalue weighted by Crippen LogP contribution is 2.26. The molecule has 2 N–H and O–H groups in total. The standard InChI is InChI=1S/C17H15N3O5/c21-13(11-9-10-3-1-2-4-12(10)25-14(11)22)20-7-5-17(6-8-20)15(23)18-16(24)19-17/h1-4,9H,5-8H2,(H2,18,19,23,24). The average molecular weight is 341 g/mol. The van der Waals surface area contributed by atoms with Crippen molar-refractivity contribution in [2.24, 2.45) is 0 Å². The number of fused-ring (bicyclic) bond motifs is 1. The molecule has 8 nitrogen and oxygen atoms in total. The SMILES string of the molecule is O=C1NC(=O)C2(CCN(C(=O)c3cc4ccccc4oc3=O)CC2)N1. The molecule has 2 aliphatic heterocycles. The highest BCUT2D eigenvalue weighted by atomic mass is 16.4. The first-order valence-corrected chi connectivity index (χ1v) is 7.94. The van der Waals surface area contributed by atoms with Crippen LogP contribution in [0.5, 0.6) is 0 Å². The summed E-state index contributed by atoms with van der Waals surface area (Å²) in [6, 6.07) is 7.98. The van der Waals surface area contributed by atoms with Gasteiger partial charge in [-0.2, -0.15) is 0 Å². The lowest BCUT2D eigenvalue weighted by Crippen LogP contribution is -2.56. The van der Waals surface area contributed by atoms with Crippen LogP contribution in [0.25, 0.3) is 11.0 Å². The largest absolute Gasteiger partial charge is 0.422 e. The first-order valence-electron chi connectivity index (χ1n) is 7.94. The van der Waals surface area contributed by atoms with Crippen LogP contribution in [-0.4, -0.2) is 41.4 Å². The number of amides is 4. The first kappa shape index (κ1) is 15.4. The van der Waals surface area contributed by atoms with Gasteiger partial charge in [0.1, 0.15) is 16.7 Å². The van der Waals surface area contributed by atoms with E-state index in [1.165, 1.54) is 11.0 Å². The zero-order valence-corrected chi connectivity index (χ0v) is 13.2. The predicted molar refractivity (Wildman–Crippen MR) is 87.0 cm³/mol. The summed E-state index contributed by atoms with van der Waals surface area (Å²) < 4.78 is 5.20. The third-order valence-corrected chi connectivity index (χ3v) is 4.79. The third kappa shape index (κ3) is 2.46. The average Bonchev–Trinajstić information content (AvgIpc) is 2.87. The number of hydrogen-bond donors (Lipinski definition) is 2. The minimum atomic E-state index is -0.956. The highest BCUT2D eigenvalue weighted by Gasteiger charge is 2.48. The second-order valence-electron chi connectivity index (χ2n) is 6.27. The van der Waals surface area contributed by atoms with E-state index in [4.69, 9.17) is 4.42 Å². The molecule has 4 rings (SSSR count). The summed E-state index contributed by atoms with van der Waals surface area (Å²) in [6.45, 7) is 0.525. The Morgan fingerprint density at radius 3 is 2.52 bits per heavy atom. The molecule has 25 heavy (non-hydrogen) atoms. The van der Waals surface area contributed by atoms with Crippen LogP contribution >= 0.6 is 0 Å². The fourth-order valence-electron chi connectivity index (χ4n) is 3.35. The Labute approximate surface area is 141 Å². The van der Waals surface area contributed by atoms with Crippen LogP contribution in [0.3, 0.4) is 0 Å². The molecule has 2 fully saturated rings. The van der Waals surface area contributed by atoms with Gasteiger partial charge in [0, 0.05) is 18.5 Å². The lowest BCUT2D eigenvalue weighted by molar-refractivity contribution is -0.125. The molecule has 0 unspecified atom stereocenters. The van der Waals surface area contributed by atoms with Crippen molar-refractivity contribution < 1.29 is 18.8 Å². The maximum atomic E-state index is 12.7. The van der Waals surface area contributed by atoms with E-state index in [9.17, 15) is 19.2 Å². The number of imide groups is 1. The lowest BCUT2D eigenvalue weighted by atomic mass is 9.87. The normalized spacial score (nSPS) is 19.1. The number of para-hydroxylation sites is 1. The van der Waals surface area contributed by atoms with Gasteiger partial charge in [-0.1, -0.05) is 18.2 Å². The molecule has 0 saturated carbocycles. The molecular formula is C17H15N3O5. The van der Waals surface area contributed by atoms with Gasteiger partial charge in [-0.15, -0.1) is 0 Å². The predicted octanol–water partition coefficient (Wildman–Crippen LogP) is 0.607. The molecule has 0 bridgehead atoms. The molecule has 1 aromatic heterocycles. The molecular weight excluding hydrogens is 326 g/mol. The fourth-order valence-corrected chi connectivity index (χ4v) is 3.35. The molecule has 3 heterocycles. The molecule has 2 saturated heterocycles. The van der Waals surface area contributed by atoms with Gasteiger partial charge in [0.25, 0.3) is 11.8 Å². The summed E-state index contributed by atoms with van der Waals surface area (Å²) in [5, 5.41) is 5.53. The number of rotatable bonds is 1. The quantitative estimate of drug-likeness (QED) is 0.583. The molecule has 128 valence electrons. The molecule has 0 radical (unpaired) electrons. The number of benzene rings is 1. The van der Waals surface area contributed by atoms with E-state index in [2.05, 4.69) is 10.6 Å². The van der Waals surface area contributed by atoms with Gasteiger partial charge in [0.05, 0.1) is 0 Å². The van der Waals surface area contributed by atoms with Gasteiger partial charge in [-0.25, -0.2) is 9.59 Å². The minimum Gasteiger partial charge on any atom is -0.422 e. The van der Waals surface area contributed by atoms with Crippen molar-refractivity contribution in [1.29, 1.82) is 0 Å². The second kappa shape index (κ2) is 5.44. The van der Waals surface area contributed by atoms with E-state index in [1.807, 2.05) is 0 Å². The molecule has 1 aromatic carbocycles. The van der Waals surface area contributed by atoms with Crippen molar-refractivity contribution in [3.63, 3.8) is 0 Å². The summed E-state index contributed by atoms with van der Waals surface area (Å²) in [5.74, 6) is -0.797. The number of likely N-dealkylation sites (tertiary alicyclic amines) is 1. The number of nitrogens with one attached hydrogen (secondary N) is 2. The number of carbonyl (C=O) groups is 3. The number of carbonyl (C=O) groups excluding carboxylic acids is 3. The van der Waals surface area contributed by atoms with Crippen LogP contribution in [0.1, 0.15) is 23.2 Å². The Morgan fingerprint density at radius 1 is 1.12 bits per heavy atom. The van der Waals surface area contributed by atoms with E-state index in [-0.39, 0.29) is 24.6 Å². The van der Waals surface area contributed by atoms with Crippen LogP contribution in [0.15, 0.2) is 39.5 Å². The van der Waals surface area contributed by atoms with Crippen molar-refractivity contribution in [3.8, 4) is 0 Å². The number of urea groups is 1. The molecule has 0 aliphatic carbocycles. The van der Waals surface area contributed by atoms with Crippen LogP contribution < -0.4 is 16.3 Å². The zero-order valence-electron chi connectivity index (χ0n) is 13.2. The van der Waals surface area contributed by atoms with Crippen molar-refractivity contribution in [2.75, 3.05) is 13.1 Å². The molecule has 4 amide bonds. The summed E-state index contributed by atoms with van der Waals surface area (Å²) in [4.78, 5) is 49.6. The van der Waals surface area contributed by atoms with Gasteiger partial charge in [-0.05, 0) is 25.0 Å². The number of nitrogens with zero attached hydrogens (tertiary/aromatic N) is 1. The maximum Gasteiger partial charge on any atom is 0.349 e. The highest BCUT2D eigenvalue weighted by molar-refractivity contribution is 6.07. The van der Waals surface area contributed by atoms with Crippen molar-refractivity contribution in [2.45, 2.75) is 18.4 Å². The molecule has 2 aliphatic rings. The minimum absolute atomic E-state index is 0.0328. The van der Waals surface area contributed by atoms with Crippen LogP contribution in [0.4, 0.5) is 4.79 Å². The van der Waals surface area contributed by atoms with Gasteiger partial charge in [-0.3, -0.25) is 14.9 Å². The van der Waals surface area contributed by atoms with Gasteiger partial charge < -0.3 is 14.6 Å². The van der Waals surface area contributed by atoms with Crippen molar-refractivity contribution in [3.05, 3.63) is 46.3 Å². The van der Waals surface area contributed by atoms with E-state index in [0.717, 1.165) is 0 Å². The third-order valence-electron chi connectivity index (χ3n) is 4.79. The van der Waals surface area contributed by atoms with Crippen LogP contribution in [-0.2, 0) is 4.79 Å². The number of piperidine rings is 1. The monoisotopic (exact) mass is 341 g/mol. The summed E-state index contributed by atoms with van der Waals surface area (Å²) in [5.41, 5.74) is -1.25. The lowest BCUT2D eigenvalue weighted by Gasteiger charge is -2.36. The fraction of sp³-hybridized carbons (Fsp3) is 0.294.